The molecule has 0 spiro atoms. The summed E-state index contributed by atoms with van der Waals surface area (Å²) in [6.07, 6.45) is 7.62. The van der Waals surface area contributed by atoms with Crippen molar-refractivity contribution in [1.29, 1.82) is 0 Å². The molecule has 2 aromatic heterocycles. The molecule has 148 valence electrons. The zero-order valence-corrected chi connectivity index (χ0v) is 16.7. The number of hydrogen-bond acceptors (Lipinski definition) is 3. The molecule has 28 heavy (non-hydrogen) atoms. The van der Waals surface area contributed by atoms with Crippen LogP contribution in [0, 0.1) is 0 Å². The van der Waals surface area contributed by atoms with Gasteiger partial charge in [0.05, 0.1) is 0 Å². The van der Waals surface area contributed by atoms with Gasteiger partial charge >= 0.3 is 6.03 Å². The molecule has 6 nitrogen and oxygen atoms in total. The lowest BCUT2D eigenvalue weighted by Gasteiger charge is -2.32. The molecule has 1 fully saturated rings. The van der Waals surface area contributed by atoms with Crippen molar-refractivity contribution in [2.45, 2.75) is 25.9 Å². The smallest absolute Gasteiger partial charge is 0.317 e. The molecule has 3 heterocycles. The minimum Gasteiger partial charge on any atom is -0.490 e. The van der Waals surface area contributed by atoms with Crippen LogP contribution in [0.15, 0.2) is 55.0 Å². The fourth-order valence-electron chi connectivity index (χ4n) is 3.45. The van der Waals surface area contributed by atoms with Crippen LogP contribution < -0.4 is 10.1 Å². The lowest BCUT2D eigenvalue weighted by atomic mass is 10.1. The molecule has 1 saturated heterocycles. The average molecular weight is 401 g/mol. The molecule has 0 radical (unpaired) electrons. The number of amides is 2. The monoisotopic (exact) mass is 400 g/mol. The number of piperidine rings is 1. The van der Waals surface area contributed by atoms with Gasteiger partial charge in [-0.3, -0.25) is 0 Å². The van der Waals surface area contributed by atoms with Crippen LogP contribution in [0.5, 0.6) is 5.75 Å². The minimum atomic E-state index is 0. The fraction of sp³-hybridized carbons (Fsp3) is 0.333. The zero-order valence-electron chi connectivity index (χ0n) is 15.9. The molecule has 4 rings (SSSR count). The van der Waals surface area contributed by atoms with E-state index in [9.17, 15) is 4.79 Å². The maximum Gasteiger partial charge on any atom is 0.317 e. The van der Waals surface area contributed by atoms with Gasteiger partial charge in [-0.2, -0.15) is 0 Å². The second-order valence-corrected chi connectivity index (χ2v) is 6.77. The average Bonchev–Trinajstić information content (AvgIpc) is 3.17. The number of carbonyl (C=O) groups is 1. The van der Waals surface area contributed by atoms with Crippen molar-refractivity contribution < 1.29 is 9.53 Å². The number of ether oxygens (including phenoxy) is 1. The van der Waals surface area contributed by atoms with E-state index in [2.05, 4.69) is 34.6 Å². The normalized spacial score (nSPS) is 14.5. The number of aromatic nitrogens is 2. The van der Waals surface area contributed by atoms with Crippen LogP contribution in [0.25, 0.3) is 16.8 Å². The minimum absolute atomic E-state index is 0. The Morgan fingerprint density at radius 2 is 1.89 bits per heavy atom. The maximum atomic E-state index is 11.9. The topological polar surface area (TPSA) is 58.9 Å². The highest BCUT2D eigenvalue weighted by Crippen LogP contribution is 2.25. The van der Waals surface area contributed by atoms with E-state index in [0.29, 0.717) is 6.54 Å². The third kappa shape index (κ3) is 4.39. The van der Waals surface area contributed by atoms with Crippen molar-refractivity contribution in [2.24, 2.45) is 0 Å². The van der Waals surface area contributed by atoms with Crippen LogP contribution in [-0.4, -0.2) is 46.1 Å². The van der Waals surface area contributed by atoms with Crippen LogP contribution in [0.2, 0.25) is 0 Å². The number of rotatable bonds is 4. The number of likely N-dealkylation sites (tertiary alicyclic amines) is 1. The molecule has 0 bridgehead atoms. The second kappa shape index (κ2) is 8.97. The summed E-state index contributed by atoms with van der Waals surface area (Å²) < 4.78 is 8.11. The first-order chi connectivity index (χ1) is 13.2. The van der Waals surface area contributed by atoms with Crippen molar-refractivity contribution in [1.82, 2.24) is 19.6 Å². The van der Waals surface area contributed by atoms with Gasteiger partial charge in [-0.15, -0.1) is 12.4 Å². The lowest BCUT2D eigenvalue weighted by molar-refractivity contribution is 0.111. The van der Waals surface area contributed by atoms with Crippen molar-refractivity contribution >= 4 is 24.1 Å². The number of benzene rings is 1. The van der Waals surface area contributed by atoms with Crippen LogP contribution >= 0.6 is 12.4 Å². The molecule has 1 aliphatic heterocycles. The number of halogens is 1. The highest BCUT2D eigenvalue weighted by atomic mass is 35.5. The largest absolute Gasteiger partial charge is 0.490 e. The van der Waals surface area contributed by atoms with E-state index in [4.69, 9.17) is 4.74 Å². The van der Waals surface area contributed by atoms with Crippen LogP contribution in [0.4, 0.5) is 4.79 Å². The first-order valence-electron chi connectivity index (χ1n) is 9.45. The number of pyridine rings is 1. The van der Waals surface area contributed by atoms with Gasteiger partial charge in [0.2, 0.25) is 0 Å². The summed E-state index contributed by atoms with van der Waals surface area (Å²) in [5, 5.41) is 2.85. The maximum absolute atomic E-state index is 11.9. The van der Waals surface area contributed by atoms with Crippen molar-refractivity contribution in [2.75, 3.05) is 19.6 Å². The first-order valence-corrected chi connectivity index (χ1v) is 9.45. The van der Waals surface area contributed by atoms with Crippen molar-refractivity contribution in [3.63, 3.8) is 0 Å². The van der Waals surface area contributed by atoms with Crippen molar-refractivity contribution in [3.8, 4) is 16.9 Å². The van der Waals surface area contributed by atoms with Gasteiger partial charge in [0.15, 0.2) is 0 Å². The lowest BCUT2D eigenvalue weighted by Crippen LogP contribution is -2.46. The number of nitrogens with zero attached hydrogens (tertiary/aromatic N) is 3. The van der Waals surface area contributed by atoms with Gasteiger partial charge in [0.25, 0.3) is 0 Å². The number of hydrogen-bond donors (Lipinski definition) is 1. The van der Waals surface area contributed by atoms with Gasteiger partial charge in [-0.05, 0) is 42.3 Å². The Morgan fingerprint density at radius 3 is 2.61 bits per heavy atom. The van der Waals surface area contributed by atoms with E-state index in [-0.39, 0.29) is 24.5 Å². The van der Waals surface area contributed by atoms with Gasteiger partial charge in [-0.25, -0.2) is 9.78 Å². The summed E-state index contributed by atoms with van der Waals surface area (Å²) in [5.74, 6) is 0.872. The number of urea groups is 1. The Hall–Kier alpha value is -2.73. The number of carbonyl (C=O) groups excluding carboxylic acids is 1. The molecule has 2 amide bonds. The Balaban J connectivity index is 0.00000225. The summed E-state index contributed by atoms with van der Waals surface area (Å²) in [5.41, 5.74) is 3.21. The molecule has 1 aromatic carbocycles. The summed E-state index contributed by atoms with van der Waals surface area (Å²) in [4.78, 5) is 18.1. The van der Waals surface area contributed by atoms with Crippen LogP contribution in [0.1, 0.15) is 19.8 Å². The number of imidazole rings is 1. The van der Waals surface area contributed by atoms with Crippen molar-refractivity contribution in [3.05, 3.63) is 55.0 Å². The van der Waals surface area contributed by atoms with E-state index in [0.717, 1.165) is 48.5 Å². The second-order valence-electron chi connectivity index (χ2n) is 6.77. The predicted molar refractivity (Wildman–Crippen MR) is 112 cm³/mol. The molecule has 7 heteroatoms. The van der Waals surface area contributed by atoms with E-state index < -0.39 is 0 Å². The molecule has 1 N–H and O–H groups in total. The molecule has 0 atom stereocenters. The molecular weight excluding hydrogens is 376 g/mol. The van der Waals surface area contributed by atoms with Gasteiger partial charge in [0.1, 0.15) is 17.5 Å². The summed E-state index contributed by atoms with van der Waals surface area (Å²) >= 11 is 0. The van der Waals surface area contributed by atoms with Gasteiger partial charge in [-0.1, -0.05) is 12.1 Å². The Kier molecular flexibility index (Phi) is 6.41. The predicted octanol–water partition coefficient (Wildman–Crippen LogP) is 4.00. The van der Waals surface area contributed by atoms with E-state index in [1.807, 2.05) is 40.8 Å². The molecule has 1 aliphatic rings. The molecular formula is C21H25ClN4O2. The Labute approximate surface area is 170 Å². The highest BCUT2D eigenvalue weighted by molar-refractivity contribution is 5.85. The van der Waals surface area contributed by atoms with Crippen LogP contribution in [-0.2, 0) is 0 Å². The Bertz CT molecular complexity index is 918. The quantitative estimate of drug-likeness (QED) is 0.720. The third-order valence-electron chi connectivity index (χ3n) is 4.95. The standard InChI is InChI=1S/C21H24N4O2.ClH/c1-2-22-21(26)25-12-8-19(9-13-25)27-18-5-3-16(4-6-18)17-7-11-24-14-10-23-20(24)15-17;/h3-7,10-11,14-15,19H,2,8-9,12-13H2,1H3,(H,22,26);1H. The van der Waals surface area contributed by atoms with Gasteiger partial charge in [0, 0.05) is 51.1 Å². The highest BCUT2D eigenvalue weighted by Gasteiger charge is 2.23. The SMILES string of the molecule is CCNC(=O)N1CCC(Oc2ccc(-c3ccn4ccnc4c3)cc2)CC1.Cl. The van der Waals surface area contributed by atoms with E-state index in [1.165, 1.54) is 0 Å². The summed E-state index contributed by atoms with van der Waals surface area (Å²) in [6, 6.07) is 12.4. The molecule has 3 aromatic rings. The zero-order chi connectivity index (χ0) is 18.6. The van der Waals surface area contributed by atoms with E-state index in [1.54, 1.807) is 6.20 Å². The molecule has 0 saturated carbocycles. The molecule has 0 unspecified atom stereocenters. The van der Waals surface area contributed by atoms with Gasteiger partial charge < -0.3 is 19.4 Å². The van der Waals surface area contributed by atoms with Crippen LogP contribution in [0.3, 0.4) is 0 Å². The number of nitrogens with one attached hydrogen (secondary N) is 1. The fourth-order valence-corrected chi connectivity index (χ4v) is 3.45. The van der Waals surface area contributed by atoms with E-state index >= 15 is 0 Å². The third-order valence-corrected chi connectivity index (χ3v) is 4.95. The Morgan fingerprint density at radius 1 is 1.14 bits per heavy atom. The first kappa shape index (κ1) is 20.0. The number of fused-ring (bicyclic) bond motifs is 1. The molecule has 0 aliphatic carbocycles. The summed E-state index contributed by atoms with van der Waals surface area (Å²) in [6.45, 7) is 4.07. The summed E-state index contributed by atoms with van der Waals surface area (Å²) in [7, 11) is 0.